The van der Waals surface area contributed by atoms with Gasteiger partial charge in [0.05, 0.1) is 11.1 Å². The third kappa shape index (κ3) is 4.22. The number of nitrogens with zero attached hydrogens (tertiary/aromatic N) is 2. The molecule has 0 heterocycles. The second-order valence-corrected chi connectivity index (χ2v) is 4.98. The van der Waals surface area contributed by atoms with E-state index in [9.17, 15) is 14.9 Å². The van der Waals surface area contributed by atoms with Gasteiger partial charge in [0.2, 0.25) is 0 Å². The van der Waals surface area contributed by atoms with Gasteiger partial charge >= 0.3 is 0 Å². The summed E-state index contributed by atoms with van der Waals surface area (Å²) in [6.45, 7) is 0. The van der Waals surface area contributed by atoms with Crippen molar-refractivity contribution in [1.82, 2.24) is 5.43 Å². The molecule has 0 saturated heterocycles. The third-order valence-electron chi connectivity index (χ3n) is 2.55. The van der Waals surface area contributed by atoms with Gasteiger partial charge in [0.1, 0.15) is 0 Å². The first-order valence-electron chi connectivity index (χ1n) is 5.90. The van der Waals surface area contributed by atoms with Crippen molar-refractivity contribution in [2.75, 3.05) is 0 Å². The molecule has 0 radical (unpaired) electrons. The maximum atomic E-state index is 11.8. The quantitative estimate of drug-likeness (QED) is 0.523. The van der Waals surface area contributed by atoms with E-state index in [0.717, 1.165) is 10.0 Å². The molecule has 2 aromatic carbocycles. The van der Waals surface area contributed by atoms with Crippen molar-refractivity contribution >= 4 is 33.7 Å². The molecule has 21 heavy (non-hydrogen) atoms. The lowest BCUT2D eigenvalue weighted by Crippen LogP contribution is -2.17. The van der Waals surface area contributed by atoms with E-state index in [-0.39, 0.29) is 11.3 Å². The highest BCUT2D eigenvalue weighted by atomic mass is 79.9. The summed E-state index contributed by atoms with van der Waals surface area (Å²) < 4.78 is 0.900. The Morgan fingerprint density at radius 3 is 2.71 bits per heavy atom. The zero-order valence-corrected chi connectivity index (χ0v) is 12.3. The number of hydrogen-bond acceptors (Lipinski definition) is 4. The first-order chi connectivity index (χ1) is 10.1. The molecule has 0 spiro atoms. The van der Waals surface area contributed by atoms with Gasteiger partial charge in [-0.25, -0.2) is 5.43 Å². The van der Waals surface area contributed by atoms with Crippen LogP contribution in [-0.4, -0.2) is 17.0 Å². The largest absolute Gasteiger partial charge is 0.271 e. The summed E-state index contributed by atoms with van der Waals surface area (Å²) in [6, 6.07) is 12.8. The fraction of sp³-hybridized carbons (Fsp3) is 0. The number of hydrogen-bond donors (Lipinski definition) is 1. The fourth-order valence-electron chi connectivity index (χ4n) is 1.58. The molecule has 2 aromatic rings. The first kappa shape index (κ1) is 14.9. The van der Waals surface area contributed by atoms with Gasteiger partial charge in [-0.2, -0.15) is 5.10 Å². The van der Waals surface area contributed by atoms with E-state index in [0.29, 0.717) is 0 Å². The second kappa shape index (κ2) is 6.76. The lowest BCUT2D eigenvalue weighted by atomic mass is 10.2. The Balaban J connectivity index is 2.05. The molecule has 7 heteroatoms. The van der Waals surface area contributed by atoms with Gasteiger partial charge in [0.15, 0.2) is 0 Å². The summed E-state index contributed by atoms with van der Waals surface area (Å²) >= 11 is 3.33. The summed E-state index contributed by atoms with van der Waals surface area (Å²) in [6.07, 6.45) is 1.49. The summed E-state index contributed by atoms with van der Waals surface area (Å²) in [7, 11) is 0. The van der Waals surface area contributed by atoms with Crippen LogP contribution in [0, 0.1) is 10.1 Å². The number of amides is 1. The molecule has 0 fully saturated rings. The number of nitro benzene ring substituents is 1. The number of nitrogens with one attached hydrogen (secondary N) is 1. The number of carbonyl (C=O) groups is 1. The predicted molar refractivity (Wildman–Crippen MR) is 82.3 cm³/mol. The molecule has 0 bridgehead atoms. The second-order valence-electron chi connectivity index (χ2n) is 4.06. The van der Waals surface area contributed by atoms with Crippen LogP contribution in [0.25, 0.3) is 0 Å². The number of hydrazone groups is 1. The van der Waals surface area contributed by atoms with Crippen LogP contribution in [0.15, 0.2) is 58.1 Å². The molecule has 1 N–H and O–H groups in total. The van der Waals surface area contributed by atoms with Crippen molar-refractivity contribution in [3.05, 3.63) is 74.2 Å². The Morgan fingerprint density at radius 2 is 2.00 bits per heavy atom. The zero-order valence-electron chi connectivity index (χ0n) is 10.7. The van der Waals surface area contributed by atoms with Crippen molar-refractivity contribution in [1.29, 1.82) is 0 Å². The van der Waals surface area contributed by atoms with Gasteiger partial charge in [-0.1, -0.05) is 34.1 Å². The molecule has 0 unspecified atom stereocenters. The van der Waals surface area contributed by atoms with E-state index in [1.165, 1.54) is 30.5 Å². The number of rotatable bonds is 4. The molecule has 2 rings (SSSR count). The molecule has 0 saturated carbocycles. The smallest absolute Gasteiger partial charge is 0.267 e. The molecule has 106 valence electrons. The minimum atomic E-state index is -0.554. The average Bonchev–Trinajstić information content (AvgIpc) is 2.47. The van der Waals surface area contributed by atoms with Crippen molar-refractivity contribution < 1.29 is 9.72 Å². The van der Waals surface area contributed by atoms with Crippen LogP contribution in [0.1, 0.15) is 15.9 Å². The number of carbonyl (C=O) groups excluding carboxylic acids is 1. The van der Waals surface area contributed by atoms with Gasteiger partial charge in [0.25, 0.3) is 11.6 Å². The molecule has 0 atom stereocenters. The standard InChI is InChI=1S/C14H10BrN3O3/c15-12-5-1-3-10(7-12)9-16-17-14(19)11-4-2-6-13(8-11)18(20)21/h1-9H,(H,17,19)/b16-9-. The summed E-state index contributed by atoms with van der Waals surface area (Å²) in [5.74, 6) is -0.509. The lowest BCUT2D eigenvalue weighted by molar-refractivity contribution is -0.384. The van der Waals surface area contributed by atoms with Gasteiger partial charge in [-0.05, 0) is 23.8 Å². The highest BCUT2D eigenvalue weighted by Crippen LogP contribution is 2.13. The van der Waals surface area contributed by atoms with Crippen LogP contribution in [0.3, 0.4) is 0 Å². The van der Waals surface area contributed by atoms with E-state index in [2.05, 4.69) is 26.5 Å². The Bertz CT molecular complexity index is 716. The highest BCUT2D eigenvalue weighted by molar-refractivity contribution is 9.10. The van der Waals surface area contributed by atoms with Crippen molar-refractivity contribution in [2.45, 2.75) is 0 Å². The normalized spacial score (nSPS) is 10.5. The maximum Gasteiger partial charge on any atom is 0.271 e. The van der Waals surface area contributed by atoms with Gasteiger partial charge in [0, 0.05) is 22.2 Å². The molecule has 0 aliphatic carbocycles. The van der Waals surface area contributed by atoms with Crippen LogP contribution >= 0.6 is 15.9 Å². The van der Waals surface area contributed by atoms with E-state index in [1.807, 2.05) is 24.3 Å². The topological polar surface area (TPSA) is 84.6 Å². The maximum absolute atomic E-state index is 11.8. The molecule has 0 aromatic heterocycles. The summed E-state index contributed by atoms with van der Waals surface area (Å²) in [5.41, 5.74) is 3.17. The predicted octanol–water partition coefficient (Wildman–Crippen LogP) is 3.12. The lowest BCUT2D eigenvalue weighted by Gasteiger charge is -2.00. The van der Waals surface area contributed by atoms with Crippen molar-refractivity contribution in [2.24, 2.45) is 5.10 Å². The SMILES string of the molecule is O=C(N/N=C\c1cccc(Br)c1)c1cccc([N+](=O)[O-])c1. The number of benzene rings is 2. The van der Waals surface area contributed by atoms with Crippen LogP contribution in [-0.2, 0) is 0 Å². The number of halogens is 1. The molecule has 1 amide bonds. The summed E-state index contributed by atoms with van der Waals surface area (Å²) in [4.78, 5) is 21.9. The molecule has 6 nitrogen and oxygen atoms in total. The van der Waals surface area contributed by atoms with Crippen LogP contribution in [0.5, 0.6) is 0 Å². The average molecular weight is 348 g/mol. The number of nitro groups is 1. The van der Waals surface area contributed by atoms with Crippen molar-refractivity contribution in [3.8, 4) is 0 Å². The Labute approximate surface area is 128 Å². The van der Waals surface area contributed by atoms with Gasteiger partial charge < -0.3 is 0 Å². The molecule has 0 aliphatic heterocycles. The first-order valence-corrected chi connectivity index (χ1v) is 6.69. The van der Waals surface area contributed by atoms with Crippen molar-refractivity contribution in [3.63, 3.8) is 0 Å². The Kier molecular flexibility index (Phi) is 4.78. The van der Waals surface area contributed by atoms with E-state index >= 15 is 0 Å². The van der Waals surface area contributed by atoms with Crippen LogP contribution < -0.4 is 5.43 Å². The van der Waals surface area contributed by atoms with Gasteiger partial charge in [-0.3, -0.25) is 14.9 Å². The third-order valence-corrected chi connectivity index (χ3v) is 3.04. The zero-order chi connectivity index (χ0) is 15.2. The highest BCUT2D eigenvalue weighted by Gasteiger charge is 2.10. The minimum Gasteiger partial charge on any atom is -0.267 e. The molecule has 0 aliphatic rings. The Morgan fingerprint density at radius 1 is 1.24 bits per heavy atom. The molecular weight excluding hydrogens is 338 g/mol. The van der Waals surface area contributed by atoms with E-state index in [4.69, 9.17) is 0 Å². The van der Waals surface area contributed by atoms with Crippen LogP contribution in [0.4, 0.5) is 5.69 Å². The van der Waals surface area contributed by atoms with E-state index < -0.39 is 10.8 Å². The van der Waals surface area contributed by atoms with Gasteiger partial charge in [-0.15, -0.1) is 0 Å². The minimum absolute atomic E-state index is 0.140. The van der Waals surface area contributed by atoms with Crippen LogP contribution in [0.2, 0.25) is 0 Å². The Hall–Kier alpha value is -2.54. The van der Waals surface area contributed by atoms with E-state index in [1.54, 1.807) is 0 Å². The fourth-order valence-corrected chi connectivity index (χ4v) is 1.99. The molecular formula is C14H10BrN3O3. The number of non-ortho nitro benzene ring substituents is 1. The summed E-state index contributed by atoms with van der Waals surface area (Å²) in [5, 5.41) is 14.5. The monoisotopic (exact) mass is 347 g/mol.